The van der Waals surface area contributed by atoms with Gasteiger partial charge < -0.3 is 20.4 Å². The van der Waals surface area contributed by atoms with Gasteiger partial charge in [0.05, 0.1) is 5.56 Å². The summed E-state index contributed by atoms with van der Waals surface area (Å²) in [6, 6.07) is 8.32. The van der Waals surface area contributed by atoms with E-state index in [9.17, 15) is 19.8 Å². The van der Waals surface area contributed by atoms with Crippen LogP contribution in [0.5, 0.6) is 11.8 Å². The molecule has 0 bridgehead atoms. The highest BCUT2D eigenvalue weighted by Crippen LogP contribution is 2.19. The summed E-state index contributed by atoms with van der Waals surface area (Å²) < 4.78 is 0.350. The van der Waals surface area contributed by atoms with Gasteiger partial charge in [0.15, 0.2) is 0 Å². The van der Waals surface area contributed by atoms with E-state index in [1.165, 1.54) is 36.4 Å². The Bertz CT molecular complexity index is 631. The molecular weight excluding hydrogens is 379 g/mol. The number of nitrogens with one attached hydrogen (secondary N) is 1. The Kier molecular flexibility index (Phi) is 4.13. The van der Waals surface area contributed by atoms with Gasteiger partial charge in [-0.15, -0.1) is 4.73 Å². The maximum Gasteiger partial charge on any atom is 0.363 e. The van der Waals surface area contributed by atoms with E-state index in [-0.39, 0.29) is 9.48 Å². The molecule has 0 aliphatic heterocycles. The third kappa shape index (κ3) is 3.20. The Labute approximate surface area is 126 Å². The Morgan fingerprint density at radius 2 is 1.60 bits per heavy atom. The van der Waals surface area contributed by atoms with E-state index < -0.39 is 17.7 Å². The van der Waals surface area contributed by atoms with Crippen LogP contribution in [0.25, 0.3) is 0 Å². The minimum Gasteiger partial charge on any atom is -0.492 e. The van der Waals surface area contributed by atoms with Gasteiger partial charge in [0, 0.05) is 40.4 Å². The van der Waals surface area contributed by atoms with Crippen LogP contribution in [-0.4, -0.2) is 24.8 Å². The van der Waals surface area contributed by atoms with E-state index >= 15 is 0 Å². The minimum absolute atomic E-state index is 0.198. The van der Waals surface area contributed by atoms with Gasteiger partial charge in [0.2, 0.25) is 11.8 Å². The molecule has 2 aromatic rings. The highest BCUT2D eigenvalue weighted by Gasteiger charge is 2.14. The Morgan fingerprint density at radius 3 is 2.10 bits per heavy atom. The molecule has 0 unspecified atom stereocenters. The third-order valence-corrected chi connectivity index (χ3v) is 2.60. The SMILES string of the molecule is O=C(I)Nc1ccc(C(=O)On2c(O)ccc2O)cc1. The zero-order valence-corrected chi connectivity index (χ0v) is 12.1. The maximum absolute atomic E-state index is 11.8. The van der Waals surface area contributed by atoms with Gasteiger partial charge in [-0.1, -0.05) is 0 Å². The molecule has 1 aromatic carbocycles. The topological polar surface area (TPSA) is 101 Å². The molecule has 0 fully saturated rings. The largest absolute Gasteiger partial charge is 0.492 e. The average molecular weight is 388 g/mol. The molecule has 7 nitrogen and oxygen atoms in total. The standard InChI is InChI=1S/C12H9IN2O5/c13-12(19)14-8-3-1-7(2-4-8)11(18)20-15-9(16)5-6-10(15)17/h1-6,16-17H,(H,14,19). The van der Waals surface area contributed by atoms with Crippen molar-refractivity contribution in [3.8, 4) is 11.8 Å². The smallest absolute Gasteiger partial charge is 0.363 e. The van der Waals surface area contributed by atoms with Crippen molar-refractivity contribution in [1.82, 2.24) is 4.73 Å². The number of anilines is 1. The zero-order chi connectivity index (χ0) is 14.7. The van der Waals surface area contributed by atoms with E-state index in [2.05, 4.69) is 5.32 Å². The third-order valence-electron chi connectivity index (χ3n) is 2.34. The van der Waals surface area contributed by atoms with Crippen LogP contribution in [0.1, 0.15) is 10.4 Å². The number of benzene rings is 1. The first-order chi connectivity index (χ1) is 9.47. The molecule has 20 heavy (non-hydrogen) atoms. The molecule has 1 amide bonds. The molecule has 0 aliphatic carbocycles. The Morgan fingerprint density at radius 1 is 1.05 bits per heavy atom. The van der Waals surface area contributed by atoms with Crippen LogP contribution in [0.15, 0.2) is 36.4 Å². The van der Waals surface area contributed by atoms with Gasteiger partial charge >= 0.3 is 5.97 Å². The summed E-state index contributed by atoms with van der Waals surface area (Å²) in [5.74, 6) is -1.56. The first-order valence-electron chi connectivity index (χ1n) is 5.36. The Balaban J connectivity index is 2.12. The molecule has 3 N–H and O–H groups in total. The second-order valence-electron chi connectivity index (χ2n) is 3.70. The monoisotopic (exact) mass is 388 g/mol. The van der Waals surface area contributed by atoms with Crippen LogP contribution < -0.4 is 10.2 Å². The summed E-state index contributed by atoms with van der Waals surface area (Å²) in [6.07, 6.45) is 0. The minimum atomic E-state index is -0.765. The van der Waals surface area contributed by atoms with Gasteiger partial charge in [-0.3, -0.25) is 4.79 Å². The number of amides is 1. The summed E-state index contributed by atoms with van der Waals surface area (Å²) in [4.78, 5) is 27.5. The van der Waals surface area contributed by atoms with Crippen LogP contribution in [0.4, 0.5) is 10.5 Å². The van der Waals surface area contributed by atoms with E-state index in [4.69, 9.17) is 4.84 Å². The van der Waals surface area contributed by atoms with Crippen LogP contribution in [-0.2, 0) is 0 Å². The fraction of sp³-hybridized carbons (Fsp3) is 0. The number of rotatable bonds is 3. The highest BCUT2D eigenvalue weighted by atomic mass is 127. The van der Waals surface area contributed by atoms with Crippen molar-refractivity contribution in [3.05, 3.63) is 42.0 Å². The summed E-state index contributed by atoms with van der Waals surface area (Å²) in [5, 5.41) is 21.2. The lowest BCUT2D eigenvalue weighted by molar-refractivity contribution is 0.0382. The highest BCUT2D eigenvalue weighted by molar-refractivity contribution is 14.1. The van der Waals surface area contributed by atoms with E-state index in [1.54, 1.807) is 22.6 Å². The number of hydrogen-bond acceptors (Lipinski definition) is 5. The molecule has 0 atom stereocenters. The van der Waals surface area contributed by atoms with E-state index in [0.717, 1.165) is 0 Å². The lowest BCUT2D eigenvalue weighted by Crippen LogP contribution is -2.19. The van der Waals surface area contributed by atoms with Crippen molar-refractivity contribution < 1.29 is 24.6 Å². The number of carbonyl (C=O) groups excluding carboxylic acids is 2. The summed E-state index contributed by atoms with van der Waals surface area (Å²) in [6.45, 7) is 0. The number of aromatic nitrogens is 1. The quantitative estimate of drug-likeness (QED) is 0.425. The predicted octanol–water partition coefficient (Wildman–Crippen LogP) is 2.14. The fourth-order valence-corrected chi connectivity index (χ4v) is 1.75. The molecule has 0 saturated carbocycles. The number of halogens is 1. The predicted molar refractivity (Wildman–Crippen MR) is 78.2 cm³/mol. The van der Waals surface area contributed by atoms with Gasteiger partial charge in [-0.25, -0.2) is 4.79 Å². The van der Waals surface area contributed by atoms with Gasteiger partial charge in [-0.2, -0.15) is 0 Å². The molecule has 0 saturated heterocycles. The van der Waals surface area contributed by atoms with Gasteiger partial charge in [0.25, 0.3) is 3.91 Å². The molecular formula is C12H9IN2O5. The Hall–Kier alpha value is -2.23. The van der Waals surface area contributed by atoms with Gasteiger partial charge in [0.1, 0.15) is 0 Å². The number of hydrogen-bond donors (Lipinski definition) is 3. The molecule has 0 aliphatic rings. The summed E-state index contributed by atoms with van der Waals surface area (Å²) >= 11 is 1.59. The first-order valence-corrected chi connectivity index (χ1v) is 6.44. The second kappa shape index (κ2) is 5.82. The molecule has 104 valence electrons. The zero-order valence-electron chi connectivity index (χ0n) is 9.91. The normalized spacial score (nSPS) is 10.1. The number of aromatic hydroxyl groups is 2. The molecule has 1 heterocycles. The molecule has 0 spiro atoms. The number of carbonyl (C=O) groups is 2. The fourth-order valence-electron chi connectivity index (χ4n) is 1.43. The molecule has 1 aromatic heterocycles. The van der Waals surface area contributed by atoms with E-state index in [1.807, 2.05) is 0 Å². The van der Waals surface area contributed by atoms with Gasteiger partial charge in [-0.05, 0) is 24.3 Å². The summed E-state index contributed by atoms with van der Waals surface area (Å²) in [5.41, 5.74) is 0.733. The second-order valence-corrected chi connectivity index (χ2v) is 4.68. The lowest BCUT2D eigenvalue weighted by atomic mass is 10.2. The van der Waals surface area contributed by atoms with Crippen molar-refractivity contribution in [1.29, 1.82) is 0 Å². The van der Waals surface area contributed by atoms with Crippen molar-refractivity contribution in [3.63, 3.8) is 0 Å². The molecule has 2 rings (SSSR count). The van der Waals surface area contributed by atoms with Crippen LogP contribution >= 0.6 is 22.6 Å². The first kappa shape index (κ1) is 14.2. The van der Waals surface area contributed by atoms with Crippen molar-refractivity contribution in [2.45, 2.75) is 0 Å². The van der Waals surface area contributed by atoms with E-state index in [0.29, 0.717) is 10.4 Å². The van der Waals surface area contributed by atoms with Crippen LogP contribution in [0.3, 0.4) is 0 Å². The summed E-state index contributed by atoms with van der Waals surface area (Å²) in [7, 11) is 0. The van der Waals surface area contributed by atoms with Crippen molar-refractivity contribution >= 4 is 38.2 Å². The number of nitrogens with zero attached hydrogens (tertiary/aromatic N) is 1. The molecule has 0 radical (unpaired) electrons. The van der Waals surface area contributed by atoms with Crippen molar-refractivity contribution in [2.24, 2.45) is 0 Å². The van der Waals surface area contributed by atoms with Crippen molar-refractivity contribution in [2.75, 3.05) is 5.32 Å². The maximum atomic E-state index is 11.8. The molecule has 8 heteroatoms. The van der Waals surface area contributed by atoms with Crippen LogP contribution in [0, 0.1) is 0 Å². The average Bonchev–Trinajstić information content (AvgIpc) is 2.70. The lowest BCUT2D eigenvalue weighted by Gasteiger charge is -2.07. The van der Waals surface area contributed by atoms with Crippen LogP contribution in [0.2, 0.25) is 0 Å².